The Kier molecular flexibility index (Phi) is 5.80. The molecule has 102 valence electrons. The Hall–Kier alpha value is -1.40. The molecule has 6 nitrogen and oxygen atoms in total. The van der Waals surface area contributed by atoms with Crippen LogP contribution < -0.4 is 5.32 Å². The molecule has 0 unspecified atom stereocenters. The molecule has 0 spiro atoms. The lowest BCUT2D eigenvalue weighted by Crippen LogP contribution is -2.48. The van der Waals surface area contributed by atoms with Gasteiger partial charge in [-0.15, -0.1) is 0 Å². The number of carbonyl (C=O) groups is 2. The third kappa shape index (κ3) is 4.12. The Morgan fingerprint density at radius 2 is 2.17 bits per heavy atom. The van der Waals surface area contributed by atoms with E-state index in [0.29, 0.717) is 6.42 Å². The van der Waals surface area contributed by atoms with E-state index in [1.54, 1.807) is 19.1 Å². The van der Waals surface area contributed by atoms with Crippen molar-refractivity contribution in [1.82, 2.24) is 5.32 Å². The summed E-state index contributed by atoms with van der Waals surface area (Å²) in [7, 11) is 1.31. The Labute approximate surface area is 106 Å². The molecule has 2 N–H and O–H groups in total. The zero-order chi connectivity index (χ0) is 13.5. The molecule has 0 saturated heterocycles. The minimum absolute atomic E-state index is 0.0952. The molecule has 3 atom stereocenters. The highest BCUT2D eigenvalue weighted by Gasteiger charge is 2.28. The average molecular weight is 257 g/mol. The minimum Gasteiger partial charge on any atom is -0.469 e. The van der Waals surface area contributed by atoms with Crippen molar-refractivity contribution >= 4 is 11.9 Å². The first-order valence-electron chi connectivity index (χ1n) is 5.91. The van der Waals surface area contributed by atoms with Gasteiger partial charge in [0, 0.05) is 6.42 Å². The molecule has 0 aromatic rings. The van der Waals surface area contributed by atoms with Crippen LogP contribution in [0.4, 0.5) is 0 Å². The van der Waals surface area contributed by atoms with Crippen molar-refractivity contribution in [3.8, 4) is 0 Å². The third-order valence-electron chi connectivity index (χ3n) is 2.71. The number of nitrogens with one attached hydrogen (secondary N) is 1. The van der Waals surface area contributed by atoms with Gasteiger partial charge in [0.25, 0.3) is 0 Å². The Bertz CT molecular complexity index is 328. The van der Waals surface area contributed by atoms with Gasteiger partial charge in [0.1, 0.15) is 6.10 Å². The molecule has 0 radical (unpaired) electrons. The number of esters is 1. The van der Waals surface area contributed by atoms with Crippen LogP contribution in [-0.2, 0) is 19.1 Å². The fourth-order valence-electron chi connectivity index (χ4n) is 1.67. The van der Waals surface area contributed by atoms with Crippen LogP contribution in [0.5, 0.6) is 0 Å². The molecule has 1 heterocycles. The molecule has 0 aliphatic carbocycles. The van der Waals surface area contributed by atoms with Crippen LogP contribution in [0, 0.1) is 0 Å². The maximum atomic E-state index is 11.3. The number of carbonyl (C=O) groups excluding carboxylic acids is 2. The van der Waals surface area contributed by atoms with Gasteiger partial charge >= 0.3 is 5.97 Å². The quantitative estimate of drug-likeness (QED) is 0.524. The Morgan fingerprint density at radius 3 is 2.72 bits per heavy atom. The number of aliphatic hydroxyl groups is 1. The fraction of sp³-hybridized carbons (Fsp3) is 0.667. The predicted octanol–water partition coefficient (Wildman–Crippen LogP) is -0.240. The molecule has 18 heavy (non-hydrogen) atoms. The van der Waals surface area contributed by atoms with E-state index >= 15 is 0 Å². The molecular weight excluding hydrogens is 238 g/mol. The largest absolute Gasteiger partial charge is 0.469 e. The molecule has 1 rings (SSSR count). The molecule has 1 aliphatic rings. The van der Waals surface area contributed by atoms with Crippen LogP contribution in [-0.4, -0.2) is 48.9 Å². The van der Waals surface area contributed by atoms with E-state index in [-0.39, 0.29) is 30.9 Å². The number of rotatable bonds is 5. The van der Waals surface area contributed by atoms with Gasteiger partial charge in [0.15, 0.2) is 0 Å². The van der Waals surface area contributed by atoms with Gasteiger partial charge in [-0.05, 0) is 0 Å². The Balaban J connectivity index is 2.60. The smallest absolute Gasteiger partial charge is 0.308 e. The zero-order valence-corrected chi connectivity index (χ0v) is 10.6. The summed E-state index contributed by atoms with van der Waals surface area (Å²) in [5.41, 5.74) is 0. The van der Waals surface area contributed by atoms with E-state index in [4.69, 9.17) is 4.74 Å². The van der Waals surface area contributed by atoms with Crippen LogP contribution in [0.15, 0.2) is 12.2 Å². The second-order valence-corrected chi connectivity index (χ2v) is 4.01. The van der Waals surface area contributed by atoms with Crippen molar-refractivity contribution in [2.24, 2.45) is 0 Å². The number of amides is 1. The highest BCUT2D eigenvalue weighted by atomic mass is 16.5. The number of methoxy groups -OCH3 is 1. The maximum Gasteiger partial charge on any atom is 0.308 e. The molecule has 0 saturated carbocycles. The third-order valence-corrected chi connectivity index (χ3v) is 2.71. The standard InChI is InChI=1S/C12H19NO5/c1-3-11(15)13-9-5-4-8(6-12(16)17-2)18-10(9)7-14/h4-5,8-10,14H,3,6-7H2,1-2H3,(H,13,15)/t8-,9+,10+/m1/s1. The molecule has 1 amide bonds. The second kappa shape index (κ2) is 7.13. The van der Waals surface area contributed by atoms with Crippen molar-refractivity contribution in [1.29, 1.82) is 0 Å². The lowest BCUT2D eigenvalue weighted by Gasteiger charge is -2.31. The summed E-state index contributed by atoms with van der Waals surface area (Å²) < 4.78 is 10.1. The van der Waals surface area contributed by atoms with Crippen molar-refractivity contribution in [3.05, 3.63) is 12.2 Å². The van der Waals surface area contributed by atoms with Gasteiger partial charge in [0.2, 0.25) is 5.91 Å². The first kappa shape index (κ1) is 14.7. The van der Waals surface area contributed by atoms with Gasteiger partial charge in [-0.1, -0.05) is 19.1 Å². The first-order chi connectivity index (χ1) is 8.60. The monoisotopic (exact) mass is 257 g/mol. The summed E-state index contributed by atoms with van der Waals surface area (Å²) in [6.45, 7) is 1.52. The number of ether oxygens (including phenoxy) is 2. The van der Waals surface area contributed by atoms with E-state index in [2.05, 4.69) is 10.1 Å². The average Bonchev–Trinajstić information content (AvgIpc) is 2.39. The first-order valence-corrected chi connectivity index (χ1v) is 5.91. The molecule has 6 heteroatoms. The maximum absolute atomic E-state index is 11.3. The van der Waals surface area contributed by atoms with E-state index < -0.39 is 12.2 Å². The van der Waals surface area contributed by atoms with Crippen molar-refractivity contribution < 1.29 is 24.2 Å². The van der Waals surface area contributed by atoms with E-state index in [1.165, 1.54) is 7.11 Å². The molecule has 0 aromatic heterocycles. The van der Waals surface area contributed by atoms with Crippen LogP contribution in [0.25, 0.3) is 0 Å². The summed E-state index contributed by atoms with van der Waals surface area (Å²) in [5.74, 6) is -0.490. The second-order valence-electron chi connectivity index (χ2n) is 4.01. The van der Waals surface area contributed by atoms with Crippen LogP contribution in [0.3, 0.4) is 0 Å². The molecule has 0 fully saturated rings. The number of aliphatic hydroxyl groups excluding tert-OH is 1. The number of hydrogen-bond donors (Lipinski definition) is 2. The van der Waals surface area contributed by atoms with Gasteiger partial charge in [-0.25, -0.2) is 0 Å². The molecule has 0 bridgehead atoms. The molecule has 1 aliphatic heterocycles. The lowest BCUT2D eigenvalue weighted by atomic mass is 10.0. The predicted molar refractivity (Wildman–Crippen MR) is 63.7 cm³/mol. The SMILES string of the molecule is CCC(=O)N[C@H]1C=C[C@H](CC(=O)OC)O[C@H]1CO. The van der Waals surface area contributed by atoms with Gasteiger partial charge < -0.3 is 19.9 Å². The fourth-order valence-corrected chi connectivity index (χ4v) is 1.67. The lowest BCUT2D eigenvalue weighted by molar-refractivity contribution is -0.145. The highest BCUT2D eigenvalue weighted by molar-refractivity contribution is 5.76. The number of hydrogen-bond acceptors (Lipinski definition) is 5. The topological polar surface area (TPSA) is 84.9 Å². The summed E-state index contributed by atoms with van der Waals surface area (Å²) in [5, 5.41) is 12.0. The normalized spacial score (nSPS) is 26.7. The highest BCUT2D eigenvalue weighted by Crippen LogP contribution is 2.16. The summed E-state index contributed by atoms with van der Waals surface area (Å²) in [6, 6.07) is -0.364. The van der Waals surface area contributed by atoms with E-state index in [0.717, 1.165) is 0 Å². The van der Waals surface area contributed by atoms with Gasteiger partial charge in [0.05, 0.1) is 32.3 Å². The zero-order valence-electron chi connectivity index (χ0n) is 10.6. The van der Waals surface area contributed by atoms with E-state index in [9.17, 15) is 14.7 Å². The van der Waals surface area contributed by atoms with Crippen molar-refractivity contribution in [2.75, 3.05) is 13.7 Å². The summed E-state index contributed by atoms with van der Waals surface area (Å²) in [6.07, 6.45) is 2.94. The molecular formula is C12H19NO5. The van der Waals surface area contributed by atoms with Crippen molar-refractivity contribution in [2.45, 2.75) is 38.0 Å². The summed E-state index contributed by atoms with van der Waals surface area (Å²) in [4.78, 5) is 22.4. The van der Waals surface area contributed by atoms with Crippen LogP contribution >= 0.6 is 0 Å². The Morgan fingerprint density at radius 1 is 1.44 bits per heavy atom. The van der Waals surface area contributed by atoms with Gasteiger partial charge in [-0.3, -0.25) is 9.59 Å². The van der Waals surface area contributed by atoms with Gasteiger partial charge in [-0.2, -0.15) is 0 Å². The van der Waals surface area contributed by atoms with E-state index in [1.807, 2.05) is 0 Å². The molecule has 0 aromatic carbocycles. The summed E-state index contributed by atoms with van der Waals surface area (Å²) >= 11 is 0. The van der Waals surface area contributed by atoms with Crippen LogP contribution in [0.1, 0.15) is 19.8 Å². The minimum atomic E-state index is -0.542. The van der Waals surface area contributed by atoms with Crippen molar-refractivity contribution in [3.63, 3.8) is 0 Å². The van der Waals surface area contributed by atoms with Crippen LogP contribution in [0.2, 0.25) is 0 Å².